The monoisotopic (exact) mass is 450 g/mol. The highest BCUT2D eigenvalue weighted by Crippen LogP contribution is 2.37. The standard InChI is InChI=1S/C30H34N4/c1-29(2,3)24-16-21(15-19-11-9-10-12-22(19)24)27-23-18-26-25(17-20(23)13-14-31-27)33(7)28(34(26)8)32-30(4,5)6/h9-18H,1-8H3. The Bertz CT molecular complexity index is 1630. The average molecular weight is 451 g/mol. The Morgan fingerprint density at radius 2 is 1.38 bits per heavy atom. The number of hydrogen-bond donors (Lipinski definition) is 0. The van der Waals surface area contributed by atoms with Crippen LogP contribution in [-0.2, 0) is 19.5 Å². The van der Waals surface area contributed by atoms with Gasteiger partial charge in [0.15, 0.2) is 0 Å². The van der Waals surface area contributed by atoms with Crippen LogP contribution in [0.15, 0.2) is 65.8 Å². The lowest BCUT2D eigenvalue weighted by Crippen LogP contribution is -2.27. The van der Waals surface area contributed by atoms with E-state index in [-0.39, 0.29) is 11.0 Å². The average Bonchev–Trinajstić information content (AvgIpc) is 2.99. The van der Waals surface area contributed by atoms with Crippen molar-refractivity contribution in [2.45, 2.75) is 52.5 Å². The fourth-order valence-corrected chi connectivity index (χ4v) is 4.92. The molecule has 4 heteroatoms. The molecule has 0 bridgehead atoms. The number of aryl methyl sites for hydroxylation is 2. The van der Waals surface area contributed by atoms with E-state index in [1.807, 2.05) is 6.20 Å². The lowest BCUT2D eigenvalue weighted by atomic mass is 9.82. The lowest BCUT2D eigenvalue weighted by molar-refractivity contribution is 0.537. The molecule has 3 aromatic carbocycles. The molecule has 34 heavy (non-hydrogen) atoms. The molecule has 5 rings (SSSR count). The van der Waals surface area contributed by atoms with E-state index >= 15 is 0 Å². The van der Waals surface area contributed by atoms with E-state index < -0.39 is 0 Å². The van der Waals surface area contributed by atoms with Gasteiger partial charge >= 0.3 is 0 Å². The Morgan fingerprint density at radius 1 is 0.735 bits per heavy atom. The van der Waals surface area contributed by atoms with Crippen LogP contribution in [0.4, 0.5) is 0 Å². The number of imidazole rings is 1. The summed E-state index contributed by atoms with van der Waals surface area (Å²) >= 11 is 0. The smallest absolute Gasteiger partial charge is 0.205 e. The molecule has 0 aliphatic carbocycles. The summed E-state index contributed by atoms with van der Waals surface area (Å²) in [7, 11) is 4.20. The zero-order valence-electron chi connectivity index (χ0n) is 21.6. The Labute approximate surface area is 201 Å². The highest BCUT2D eigenvalue weighted by molar-refractivity contribution is 6.03. The predicted molar refractivity (Wildman–Crippen MR) is 144 cm³/mol. The number of aromatic nitrogens is 3. The molecular weight excluding hydrogens is 416 g/mol. The van der Waals surface area contributed by atoms with E-state index in [1.165, 1.54) is 27.2 Å². The molecular formula is C30H34N4. The first-order valence-electron chi connectivity index (χ1n) is 12.0. The first-order chi connectivity index (χ1) is 15.9. The molecule has 0 fully saturated rings. The number of nitrogens with zero attached hydrogens (tertiary/aromatic N) is 4. The zero-order chi connectivity index (χ0) is 24.4. The van der Waals surface area contributed by atoms with Crippen molar-refractivity contribution in [3.8, 4) is 11.3 Å². The summed E-state index contributed by atoms with van der Waals surface area (Å²) in [5, 5.41) is 4.91. The molecule has 0 spiro atoms. The molecule has 0 unspecified atom stereocenters. The number of fused-ring (bicyclic) bond motifs is 3. The minimum absolute atomic E-state index is 0.0305. The number of benzene rings is 3. The van der Waals surface area contributed by atoms with Crippen molar-refractivity contribution in [3.63, 3.8) is 0 Å². The second kappa shape index (κ2) is 7.56. The molecule has 5 aromatic rings. The van der Waals surface area contributed by atoms with Crippen molar-refractivity contribution >= 4 is 32.6 Å². The van der Waals surface area contributed by atoms with E-state index in [0.29, 0.717) is 0 Å². The normalized spacial score (nSPS) is 13.5. The fraction of sp³-hybridized carbons (Fsp3) is 0.333. The molecule has 0 atom stereocenters. The van der Waals surface area contributed by atoms with Crippen molar-refractivity contribution < 1.29 is 0 Å². The Morgan fingerprint density at radius 3 is 2.06 bits per heavy atom. The predicted octanol–water partition coefficient (Wildman–Crippen LogP) is 6.88. The molecule has 174 valence electrons. The molecule has 0 saturated carbocycles. The van der Waals surface area contributed by atoms with Gasteiger partial charge in [-0.15, -0.1) is 0 Å². The number of pyridine rings is 1. The summed E-state index contributed by atoms with van der Waals surface area (Å²) in [6, 6.07) is 19.9. The first kappa shape index (κ1) is 22.4. The fourth-order valence-electron chi connectivity index (χ4n) is 4.92. The van der Waals surface area contributed by atoms with Gasteiger partial charge in [-0.3, -0.25) is 4.98 Å². The summed E-state index contributed by atoms with van der Waals surface area (Å²) < 4.78 is 4.38. The topological polar surface area (TPSA) is 35.1 Å². The van der Waals surface area contributed by atoms with Gasteiger partial charge in [-0.2, -0.15) is 0 Å². The van der Waals surface area contributed by atoms with Crippen LogP contribution in [0.25, 0.3) is 43.8 Å². The minimum atomic E-state index is -0.152. The van der Waals surface area contributed by atoms with Gasteiger partial charge in [0.1, 0.15) is 0 Å². The summed E-state index contributed by atoms with van der Waals surface area (Å²) in [6.07, 6.45) is 1.93. The van der Waals surface area contributed by atoms with Crippen molar-refractivity contribution in [2.24, 2.45) is 19.1 Å². The minimum Gasteiger partial charge on any atom is -0.313 e. The van der Waals surface area contributed by atoms with Gasteiger partial charge in [0.2, 0.25) is 5.62 Å². The molecule has 0 amide bonds. The maximum absolute atomic E-state index is 4.98. The second-order valence-electron chi connectivity index (χ2n) is 11.4. The lowest BCUT2D eigenvalue weighted by Gasteiger charge is -2.23. The second-order valence-corrected chi connectivity index (χ2v) is 11.4. The van der Waals surface area contributed by atoms with Crippen LogP contribution in [0.1, 0.15) is 47.1 Å². The van der Waals surface area contributed by atoms with Gasteiger partial charge in [0.05, 0.1) is 22.3 Å². The van der Waals surface area contributed by atoms with Crippen LogP contribution in [0.2, 0.25) is 0 Å². The van der Waals surface area contributed by atoms with Gasteiger partial charge in [-0.05, 0) is 78.2 Å². The molecule has 0 saturated heterocycles. The van der Waals surface area contributed by atoms with Gasteiger partial charge in [-0.25, -0.2) is 4.99 Å². The summed E-state index contributed by atoms with van der Waals surface area (Å²) in [5.74, 6) is 0. The summed E-state index contributed by atoms with van der Waals surface area (Å²) in [4.78, 5) is 9.87. The third-order valence-electron chi connectivity index (χ3n) is 6.56. The maximum Gasteiger partial charge on any atom is 0.205 e. The highest BCUT2D eigenvalue weighted by Gasteiger charge is 2.20. The number of hydrogen-bond acceptors (Lipinski definition) is 2. The van der Waals surface area contributed by atoms with Crippen molar-refractivity contribution in [1.29, 1.82) is 0 Å². The third kappa shape index (κ3) is 3.71. The van der Waals surface area contributed by atoms with Crippen LogP contribution in [0, 0.1) is 0 Å². The van der Waals surface area contributed by atoms with Gasteiger partial charge in [-0.1, -0.05) is 45.0 Å². The van der Waals surface area contributed by atoms with E-state index in [0.717, 1.165) is 27.8 Å². The Balaban J connectivity index is 1.84. The SMILES string of the molecule is Cn1c(=NC(C)(C)C)n(C)c2cc3c(-c4cc(C(C)(C)C)c5ccccc5c4)nccc3cc21. The summed E-state index contributed by atoms with van der Waals surface area (Å²) in [5.41, 5.74) is 6.70. The van der Waals surface area contributed by atoms with Crippen LogP contribution in [0.5, 0.6) is 0 Å². The largest absolute Gasteiger partial charge is 0.313 e. The van der Waals surface area contributed by atoms with Crippen molar-refractivity contribution in [1.82, 2.24) is 14.1 Å². The quantitative estimate of drug-likeness (QED) is 0.274. The van der Waals surface area contributed by atoms with Crippen molar-refractivity contribution in [3.05, 3.63) is 72.0 Å². The van der Waals surface area contributed by atoms with Gasteiger partial charge < -0.3 is 9.13 Å². The third-order valence-corrected chi connectivity index (χ3v) is 6.56. The van der Waals surface area contributed by atoms with Crippen LogP contribution < -0.4 is 5.62 Å². The molecule has 0 aliphatic rings. The van der Waals surface area contributed by atoms with Crippen molar-refractivity contribution in [2.75, 3.05) is 0 Å². The molecule has 0 N–H and O–H groups in total. The Hall–Kier alpha value is -3.40. The van der Waals surface area contributed by atoms with E-state index in [1.54, 1.807) is 0 Å². The van der Waals surface area contributed by atoms with Crippen LogP contribution >= 0.6 is 0 Å². The van der Waals surface area contributed by atoms with Crippen LogP contribution in [-0.4, -0.2) is 19.7 Å². The number of rotatable bonds is 1. The molecule has 2 heterocycles. The van der Waals surface area contributed by atoms with E-state index in [2.05, 4.69) is 119 Å². The maximum atomic E-state index is 4.98. The van der Waals surface area contributed by atoms with Gasteiger partial charge in [0, 0.05) is 31.2 Å². The van der Waals surface area contributed by atoms with E-state index in [4.69, 9.17) is 9.98 Å². The first-order valence-corrected chi connectivity index (χ1v) is 12.0. The highest BCUT2D eigenvalue weighted by atomic mass is 15.2. The molecule has 0 aliphatic heterocycles. The van der Waals surface area contributed by atoms with Crippen LogP contribution in [0.3, 0.4) is 0 Å². The van der Waals surface area contributed by atoms with E-state index in [9.17, 15) is 0 Å². The molecule has 4 nitrogen and oxygen atoms in total. The Kier molecular flexibility index (Phi) is 4.98. The molecule has 2 aromatic heterocycles. The zero-order valence-corrected chi connectivity index (χ0v) is 21.6. The molecule has 0 radical (unpaired) electrons. The van der Waals surface area contributed by atoms with Gasteiger partial charge in [0.25, 0.3) is 0 Å². The summed E-state index contributed by atoms with van der Waals surface area (Å²) in [6.45, 7) is 13.2.